The van der Waals surface area contributed by atoms with Crippen LogP contribution in [0.1, 0.15) is 38.0 Å². The Bertz CT molecular complexity index is 726. The topological polar surface area (TPSA) is 65.7 Å². The largest absolute Gasteiger partial charge is 0.461 e. The van der Waals surface area contributed by atoms with Crippen molar-refractivity contribution in [1.29, 1.82) is 0 Å². The van der Waals surface area contributed by atoms with Gasteiger partial charge in [0.2, 0.25) is 0 Å². The number of furan rings is 1. The standard InChI is InChI=1S/C16H16O5/c1-9(17)19-15-7-12-11-5-3-4-6-13(11)21-14(12)8-16(15)20-10(2)18/h7-8H,3-6H2,1-2H3. The molecule has 1 heterocycles. The number of hydrogen-bond donors (Lipinski definition) is 0. The van der Waals surface area contributed by atoms with Gasteiger partial charge in [0, 0.05) is 37.3 Å². The molecule has 21 heavy (non-hydrogen) atoms. The van der Waals surface area contributed by atoms with Crippen LogP contribution in [0.15, 0.2) is 16.5 Å². The van der Waals surface area contributed by atoms with Gasteiger partial charge in [0.15, 0.2) is 11.5 Å². The van der Waals surface area contributed by atoms with Gasteiger partial charge >= 0.3 is 11.9 Å². The predicted octanol–water partition coefficient (Wildman–Crippen LogP) is 3.16. The van der Waals surface area contributed by atoms with Crippen molar-refractivity contribution < 1.29 is 23.5 Å². The summed E-state index contributed by atoms with van der Waals surface area (Å²) in [6.07, 6.45) is 4.10. The van der Waals surface area contributed by atoms with Crippen molar-refractivity contribution in [1.82, 2.24) is 0 Å². The molecular formula is C16H16O5. The molecule has 110 valence electrons. The Kier molecular flexibility index (Phi) is 3.41. The molecule has 0 saturated heterocycles. The van der Waals surface area contributed by atoms with E-state index in [9.17, 15) is 9.59 Å². The molecule has 0 fully saturated rings. The Hall–Kier alpha value is -2.30. The van der Waals surface area contributed by atoms with E-state index in [-0.39, 0.29) is 11.5 Å². The first-order valence-corrected chi connectivity index (χ1v) is 6.99. The molecule has 0 N–H and O–H groups in total. The van der Waals surface area contributed by atoms with Gasteiger partial charge in [-0.2, -0.15) is 0 Å². The number of hydrogen-bond acceptors (Lipinski definition) is 5. The van der Waals surface area contributed by atoms with Crippen LogP contribution in [0.2, 0.25) is 0 Å². The van der Waals surface area contributed by atoms with Gasteiger partial charge in [0.05, 0.1) is 0 Å². The molecule has 0 saturated carbocycles. The van der Waals surface area contributed by atoms with Crippen LogP contribution in [0.4, 0.5) is 0 Å². The number of ether oxygens (including phenoxy) is 2. The third kappa shape index (κ3) is 2.63. The quantitative estimate of drug-likeness (QED) is 0.627. The van der Waals surface area contributed by atoms with Gasteiger partial charge in [-0.05, 0) is 25.3 Å². The van der Waals surface area contributed by atoms with Crippen LogP contribution in [0.5, 0.6) is 11.5 Å². The third-order valence-electron chi connectivity index (χ3n) is 3.53. The highest BCUT2D eigenvalue weighted by Crippen LogP contribution is 2.39. The van der Waals surface area contributed by atoms with E-state index in [1.807, 2.05) is 0 Å². The molecule has 0 bridgehead atoms. The fraction of sp³-hybridized carbons (Fsp3) is 0.375. The lowest BCUT2D eigenvalue weighted by Crippen LogP contribution is -2.07. The first-order chi connectivity index (χ1) is 10.0. The highest BCUT2D eigenvalue weighted by molar-refractivity contribution is 5.88. The Morgan fingerprint density at radius 3 is 2.29 bits per heavy atom. The zero-order chi connectivity index (χ0) is 15.0. The summed E-state index contributed by atoms with van der Waals surface area (Å²) in [5.41, 5.74) is 1.83. The summed E-state index contributed by atoms with van der Waals surface area (Å²) in [7, 11) is 0. The summed E-state index contributed by atoms with van der Waals surface area (Å²) in [5.74, 6) is 0.500. The molecule has 0 atom stereocenters. The lowest BCUT2D eigenvalue weighted by atomic mass is 9.96. The Morgan fingerprint density at radius 2 is 1.62 bits per heavy atom. The predicted molar refractivity (Wildman–Crippen MR) is 75.5 cm³/mol. The third-order valence-corrected chi connectivity index (χ3v) is 3.53. The summed E-state index contributed by atoms with van der Waals surface area (Å²) in [4.78, 5) is 22.4. The molecule has 0 amide bonds. The molecule has 1 aliphatic carbocycles. The molecule has 2 aromatic rings. The zero-order valence-corrected chi connectivity index (χ0v) is 12.0. The summed E-state index contributed by atoms with van der Waals surface area (Å²) in [6.45, 7) is 2.61. The fourth-order valence-corrected chi connectivity index (χ4v) is 2.74. The van der Waals surface area contributed by atoms with Crippen molar-refractivity contribution in [2.45, 2.75) is 39.5 Å². The van der Waals surface area contributed by atoms with Crippen LogP contribution in [0.3, 0.4) is 0 Å². The van der Waals surface area contributed by atoms with Crippen molar-refractivity contribution in [3.8, 4) is 11.5 Å². The van der Waals surface area contributed by atoms with Crippen molar-refractivity contribution in [3.63, 3.8) is 0 Å². The molecule has 0 aliphatic heterocycles. The Balaban J connectivity index is 2.15. The van der Waals surface area contributed by atoms with E-state index in [0.717, 1.165) is 36.8 Å². The normalized spacial score (nSPS) is 13.8. The molecular weight excluding hydrogens is 272 g/mol. The maximum atomic E-state index is 11.2. The minimum atomic E-state index is -0.473. The lowest BCUT2D eigenvalue weighted by Gasteiger charge is -2.10. The number of aryl methyl sites for hydroxylation is 2. The van der Waals surface area contributed by atoms with E-state index in [4.69, 9.17) is 13.9 Å². The second kappa shape index (κ2) is 5.24. The van der Waals surface area contributed by atoms with Gasteiger partial charge in [-0.25, -0.2) is 0 Å². The van der Waals surface area contributed by atoms with Crippen LogP contribution >= 0.6 is 0 Å². The van der Waals surface area contributed by atoms with Crippen molar-refractivity contribution in [3.05, 3.63) is 23.5 Å². The maximum Gasteiger partial charge on any atom is 0.308 e. The average molecular weight is 288 g/mol. The smallest absolute Gasteiger partial charge is 0.308 e. The van der Waals surface area contributed by atoms with E-state index in [2.05, 4.69) is 0 Å². The van der Waals surface area contributed by atoms with Crippen LogP contribution in [0, 0.1) is 0 Å². The molecule has 1 aliphatic rings. The summed E-state index contributed by atoms with van der Waals surface area (Å²) in [6, 6.07) is 3.34. The van der Waals surface area contributed by atoms with Gasteiger partial charge in [-0.1, -0.05) is 0 Å². The van der Waals surface area contributed by atoms with Crippen LogP contribution < -0.4 is 9.47 Å². The van der Waals surface area contributed by atoms with Gasteiger partial charge in [0.25, 0.3) is 0 Å². The average Bonchev–Trinajstić information content (AvgIpc) is 2.75. The molecule has 0 unspecified atom stereocenters. The molecule has 1 aromatic heterocycles. The Morgan fingerprint density at radius 1 is 1.00 bits per heavy atom. The van der Waals surface area contributed by atoms with E-state index < -0.39 is 11.9 Å². The molecule has 5 heteroatoms. The van der Waals surface area contributed by atoms with E-state index in [1.165, 1.54) is 19.4 Å². The SMILES string of the molecule is CC(=O)Oc1cc2oc3c(c2cc1OC(C)=O)CCCC3. The Labute approximate surface area is 121 Å². The zero-order valence-electron chi connectivity index (χ0n) is 12.0. The highest BCUT2D eigenvalue weighted by atomic mass is 16.6. The summed E-state index contributed by atoms with van der Waals surface area (Å²) >= 11 is 0. The van der Waals surface area contributed by atoms with E-state index in [1.54, 1.807) is 12.1 Å². The van der Waals surface area contributed by atoms with Gasteiger partial charge in [-0.15, -0.1) is 0 Å². The summed E-state index contributed by atoms with van der Waals surface area (Å²) < 4.78 is 16.1. The first kappa shape index (κ1) is 13.7. The van der Waals surface area contributed by atoms with Crippen LogP contribution in [-0.4, -0.2) is 11.9 Å². The highest BCUT2D eigenvalue weighted by Gasteiger charge is 2.21. The fourth-order valence-electron chi connectivity index (χ4n) is 2.74. The van der Waals surface area contributed by atoms with E-state index in [0.29, 0.717) is 5.58 Å². The monoisotopic (exact) mass is 288 g/mol. The molecule has 1 aromatic carbocycles. The number of rotatable bonds is 2. The number of carbonyl (C=O) groups excluding carboxylic acids is 2. The number of fused-ring (bicyclic) bond motifs is 3. The second-order valence-electron chi connectivity index (χ2n) is 5.19. The minimum absolute atomic E-state index is 0.205. The van der Waals surface area contributed by atoms with Gasteiger partial charge in [0.1, 0.15) is 11.3 Å². The molecule has 0 spiro atoms. The van der Waals surface area contributed by atoms with E-state index >= 15 is 0 Å². The first-order valence-electron chi connectivity index (χ1n) is 6.99. The van der Waals surface area contributed by atoms with Crippen LogP contribution in [0.25, 0.3) is 11.0 Å². The van der Waals surface area contributed by atoms with Crippen LogP contribution in [-0.2, 0) is 22.4 Å². The van der Waals surface area contributed by atoms with Crippen molar-refractivity contribution in [2.75, 3.05) is 0 Å². The van der Waals surface area contributed by atoms with Gasteiger partial charge in [-0.3, -0.25) is 9.59 Å². The lowest BCUT2D eigenvalue weighted by molar-refractivity contribution is -0.134. The molecule has 0 radical (unpaired) electrons. The number of benzene rings is 1. The maximum absolute atomic E-state index is 11.2. The molecule has 3 rings (SSSR count). The van der Waals surface area contributed by atoms with Gasteiger partial charge < -0.3 is 13.9 Å². The number of esters is 2. The minimum Gasteiger partial charge on any atom is -0.461 e. The number of carbonyl (C=O) groups is 2. The van der Waals surface area contributed by atoms with Crippen molar-refractivity contribution >= 4 is 22.9 Å². The molecule has 5 nitrogen and oxygen atoms in total. The van der Waals surface area contributed by atoms with Crippen molar-refractivity contribution in [2.24, 2.45) is 0 Å². The second-order valence-corrected chi connectivity index (χ2v) is 5.19. The summed E-state index contributed by atoms with van der Waals surface area (Å²) in [5, 5.41) is 0.928.